The molecular formula is C18H26N2S. The molecule has 2 atom stereocenters. The fourth-order valence-corrected chi connectivity index (χ4v) is 4.61. The van der Waals surface area contributed by atoms with E-state index in [0.29, 0.717) is 11.3 Å². The lowest BCUT2D eigenvalue weighted by atomic mass is 9.99. The molecule has 1 aliphatic rings. The van der Waals surface area contributed by atoms with Gasteiger partial charge in [0.25, 0.3) is 0 Å². The van der Waals surface area contributed by atoms with Gasteiger partial charge in [-0.2, -0.15) is 17.0 Å². The van der Waals surface area contributed by atoms with Crippen molar-refractivity contribution in [3.05, 3.63) is 34.9 Å². The molecule has 0 bridgehead atoms. The van der Waals surface area contributed by atoms with Crippen LogP contribution in [0.3, 0.4) is 0 Å². The van der Waals surface area contributed by atoms with E-state index in [1.165, 1.54) is 16.7 Å². The number of hydrogen-bond donors (Lipinski definition) is 1. The maximum atomic E-state index is 9.52. The molecule has 1 fully saturated rings. The number of hydrogen-bond acceptors (Lipinski definition) is 3. The Morgan fingerprint density at radius 1 is 1.33 bits per heavy atom. The average Bonchev–Trinajstić information content (AvgIpc) is 2.78. The number of aryl methyl sites for hydroxylation is 2. The predicted octanol–water partition coefficient (Wildman–Crippen LogP) is 4.35. The Labute approximate surface area is 133 Å². The SMILES string of the molecule is Cc1cc(C)cc(CSC2CCC(C#N)(NC(C)C)C2)c1. The predicted molar refractivity (Wildman–Crippen MR) is 91.5 cm³/mol. The lowest BCUT2D eigenvalue weighted by Gasteiger charge is -2.25. The quantitative estimate of drug-likeness (QED) is 0.878. The number of nitrogens with zero attached hydrogens (tertiary/aromatic N) is 1. The van der Waals surface area contributed by atoms with Crippen LogP contribution in [0.4, 0.5) is 0 Å². The van der Waals surface area contributed by atoms with E-state index in [0.717, 1.165) is 25.0 Å². The summed E-state index contributed by atoms with van der Waals surface area (Å²) in [6, 6.07) is 9.67. The molecule has 0 aliphatic heterocycles. The zero-order chi connectivity index (χ0) is 15.5. The molecular weight excluding hydrogens is 276 g/mol. The van der Waals surface area contributed by atoms with Crippen molar-refractivity contribution in [2.75, 3.05) is 0 Å². The van der Waals surface area contributed by atoms with Gasteiger partial charge in [-0.05, 0) is 52.5 Å². The highest BCUT2D eigenvalue weighted by Gasteiger charge is 2.39. The number of nitriles is 1. The molecule has 3 heteroatoms. The summed E-state index contributed by atoms with van der Waals surface area (Å²) in [4.78, 5) is 0. The van der Waals surface area contributed by atoms with Crippen molar-refractivity contribution in [2.24, 2.45) is 0 Å². The van der Waals surface area contributed by atoms with Gasteiger partial charge in [0.05, 0.1) is 6.07 Å². The fourth-order valence-electron chi connectivity index (χ4n) is 3.33. The summed E-state index contributed by atoms with van der Waals surface area (Å²) in [5.41, 5.74) is 3.78. The molecule has 2 rings (SSSR count). The minimum absolute atomic E-state index is 0.297. The number of benzene rings is 1. The lowest BCUT2D eigenvalue weighted by molar-refractivity contribution is 0.386. The Morgan fingerprint density at radius 2 is 2.00 bits per heavy atom. The van der Waals surface area contributed by atoms with Gasteiger partial charge in [0.15, 0.2) is 0 Å². The van der Waals surface area contributed by atoms with E-state index in [1.54, 1.807) is 0 Å². The number of rotatable bonds is 5. The molecule has 21 heavy (non-hydrogen) atoms. The summed E-state index contributed by atoms with van der Waals surface area (Å²) in [7, 11) is 0. The maximum absolute atomic E-state index is 9.52. The summed E-state index contributed by atoms with van der Waals surface area (Å²) in [6.45, 7) is 8.55. The van der Waals surface area contributed by atoms with Crippen LogP contribution in [0.1, 0.15) is 49.8 Å². The van der Waals surface area contributed by atoms with E-state index < -0.39 is 0 Å². The first-order valence-electron chi connectivity index (χ1n) is 7.80. The van der Waals surface area contributed by atoms with Gasteiger partial charge < -0.3 is 0 Å². The summed E-state index contributed by atoms with van der Waals surface area (Å²) >= 11 is 2.01. The van der Waals surface area contributed by atoms with Crippen LogP contribution >= 0.6 is 11.8 Å². The largest absolute Gasteiger partial charge is 0.297 e. The van der Waals surface area contributed by atoms with Gasteiger partial charge in [-0.25, -0.2) is 0 Å². The third-order valence-corrected chi connectivity index (χ3v) is 5.39. The average molecular weight is 302 g/mol. The van der Waals surface area contributed by atoms with Crippen molar-refractivity contribution >= 4 is 11.8 Å². The molecule has 0 amide bonds. The molecule has 114 valence electrons. The standard InChI is InChI=1S/C18H26N2S/c1-13(2)20-18(12-19)6-5-17(10-18)21-11-16-8-14(3)7-15(4)9-16/h7-9,13,17,20H,5-6,10-11H2,1-4H3. The second-order valence-corrected chi connectivity index (χ2v) is 7.95. The van der Waals surface area contributed by atoms with Crippen LogP contribution < -0.4 is 5.32 Å². The minimum Gasteiger partial charge on any atom is -0.297 e. The molecule has 0 aromatic heterocycles. The van der Waals surface area contributed by atoms with E-state index in [1.807, 2.05) is 11.8 Å². The summed E-state index contributed by atoms with van der Waals surface area (Å²) < 4.78 is 0. The van der Waals surface area contributed by atoms with Crippen molar-refractivity contribution in [2.45, 2.75) is 69.5 Å². The van der Waals surface area contributed by atoms with Crippen LogP contribution in [0.2, 0.25) is 0 Å². The first kappa shape index (κ1) is 16.4. The first-order valence-corrected chi connectivity index (χ1v) is 8.85. The van der Waals surface area contributed by atoms with Gasteiger partial charge in [0.2, 0.25) is 0 Å². The second kappa shape index (κ2) is 6.85. The smallest absolute Gasteiger partial charge is 0.108 e. The van der Waals surface area contributed by atoms with Crippen molar-refractivity contribution in [3.63, 3.8) is 0 Å². The van der Waals surface area contributed by atoms with Gasteiger partial charge in [0.1, 0.15) is 5.54 Å². The van der Waals surface area contributed by atoms with Gasteiger partial charge >= 0.3 is 0 Å². The molecule has 2 unspecified atom stereocenters. The molecule has 1 aromatic rings. The Hall–Kier alpha value is -0.980. The fraction of sp³-hybridized carbons (Fsp3) is 0.611. The van der Waals surface area contributed by atoms with E-state index in [2.05, 4.69) is 57.3 Å². The minimum atomic E-state index is -0.297. The Kier molecular flexibility index (Phi) is 5.35. The van der Waals surface area contributed by atoms with Crippen LogP contribution in [0, 0.1) is 25.2 Å². The molecule has 1 saturated carbocycles. The van der Waals surface area contributed by atoms with Crippen LogP contribution in [-0.4, -0.2) is 16.8 Å². The van der Waals surface area contributed by atoms with Gasteiger partial charge in [0, 0.05) is 17.0 Å². The lowest BCUT2D eigenvalue weighted by Crippen LogP contribution is -2.45. The third-order valence-electron chi connectivity index (χ3n) is 4.02. The van der Waals surface area contributed by atoms with E-state index in [4.69, 9.17) is 0 Å². The molecule has 2 nitrogen and oxygen atoms in total. The summed E-state index contributed by atoms with van der Waals surface area (Å²) in [5.74, 6) is 1.05. The molecule has 1 N–H and O–H groups in total. The van der Waals surface area contributed by atoms with Crippen LogP contribution in [0.5, 0.6) is 0 Å². The van der Waals surface area contributed by atoms with Crippen molar-refractivity contribution in [3.8, 4) is 6.07 Å². The van der Waals surface area contributed by atoms with E-state index >= 15 is 0 Å². The summed E-state index contributed by atoms with van der Waals surface area (Å²) in [5, 5.41) is 13.6. The van der Waals surface area contributed by atoms with Crippen LogP contribution in [-0.2, 0) is 5.75 Å². The Bertz CT molecular complexity index is 512. The van der Waals surface area contributed by atoms with Gasteiger partial charge in [-0.1, -0.05) is 29.3 Å². The number of nitrogens with one attached hydrogen (secondary N) is 1. The maximum Gasteiger partial charge on any atom is 0.108 e. The highest BCUT2D eigenvalue weighted by atomic mass is 32.2. The third kappa shape index (κ3) is 4.49. The molecule has 0 heterocycles. The van der Waals surface area contributed by atoms with E-state index in [-0.39, 0.29) is 5.54 Å². The second-order valence-electron chi connectivity index (χ2n) is 6.66. The van der Waals surface area contributed by atoms with Crippen molar-refractivity contribution in [1.82, 2.24) is 5.32 Å². The Morgan fingerprint density at radius 3 is 2.57 bits per heavy atom. The zero-order valence-corrected chi connectivity index (χ0v) is 14.4. The summed E-state index contributed by atoms with van der Waals surface area (Å²) in [6.07, 6.45) is 3.09. The van der Waals surface area contributed by atoms with Crippen molar-refractivity contribution in [1.29, 1.82) is 5.26 Å². The van der Waals surface area contributed by atoms with Gasteiger partial charge in [-0.3, -0.25) is 5.32 Å². The zero-order valence-electron chi connectivity index (χ0n) is 13.6. The van der Waals surface area contributed by atoms with Crippen molar-refractivity contribution < 1.29 is 0 Å². The Balaban J connectivity index is 1.92. The van der Waals surface area contributed by atoms with Gasteiger partial charge in [-0.15, -0.1) is 0 Å². The van der Waals surface area contributed by atoms with Crippen LogP contribution in [0.15, 0.2) is 18.2 Å². The highest BCUT2D eigenvalue weighted by Crippen LogP contribution is 2.38. The number of thioether (sulfide) groups is 1. The molecule has 1 aliphatic carbocycles. The highest BCUT2D eigenvalue weighted by molar-refractivity contribution is 7.99. The van der Waals surface area contributed by atoms with E-state index in [9.17, 15) is 5.26 Å². The molecule has 0 spiro atoms. The van der Waals surface area contributed by atoms with Crippen LogP contribution in [0.25, 0.3) is 0 Å². The normalized spacial score (nSPS) is 25.2. The molecule has 1 aromatic carbocycles. The molecule has 0 saturated heterocycles. The first-order chi connectivity index (χ1) is 9.92. The topological polar surface area (TPSA) is 35.8 Å². The monoisotopic (exact) mass is 302 g/mol. The molecule has 0 radical (unpaired) electrons.